The van der Waals surface area contributed by atoms with Crippen molar-refractivity contribution in [2.24, 2.45) is 0 Å². The Balaban J connectivity index is 2.30. The van der Waals surface area contributed by atoms with Crippen molar-refractivity contribution in [2.75, 3.05) is 6.61 Å². The van der Waals surface area contributed by atoms with Crippen LogP contribution in [0.4, 0.5) is 0 Å². The molecular formula is C12H16O. The number of hydrogen-bond donors (Lipinski definition) is 0. The quantitative estimate of drug-likeness (QED) is 0.672. The summed E-state index contributed by atoms with van der Waals surface area (Å²) in [5.41, 5.74) is 2.87. The van der Waals surface area contributed by atoms with E-state index in [1.807, 2.05) is 0 Å². The minimum absolute atomic E-state index is 0.344. The fraction of sp³-hybridized carbons (Fsp3) is 0.500. The summed E-state index contributed by atoms with van der Waals surface area (Å²) in [6, 6.07) is 8.63. The van der Waals surface area contributed by atoms with Crippen molar-refractivity contribution in [2.45, 2.75) is 32.3 Å². The van der Waals surface area contributed by atoms with Gasteiger partial charge in [-0.05, 0) is 30.4 Å². The lowest BCUT2D eigenvalue weighted by molar-refractivity contribution is 0.0611. The van der Waals surface area contributed by atoms with Gasteiger partial charge in [-0.3, -0.25) is 0 Å². The van der Waals surface area contributed by atoms with E-state index in [2.05, 4.69) is 38.1 Å². The minimum Gasteiger partial charge on any atom is -0.374 e. The third kappa shape index (κ3) is 1.49. The van der Waals surface area contributed by atoms with Crippen LogP contribution in [0.5, 0.6) is 0 Å². The van der Waals surface area contributed by atoms with Crippen LogP contribution in [0.15, 0.2) is 24.3 Å². The van der Waals surface area contributed by atoms with Crippen LogP contribution in [-0.4, -0.2) is 6.61 Å². The van der Waals surface area contributed by atoms with E-state index in [-0.39, 0.29) is 0 Å². The molecule has 0 saturated heterocycles. The average Bonchev–Trinajstić information content (AvgIpc) is 2.46. The maximum absolute atomic E-state index is 5.70. The van der Waals surface area contributed by atoms with Gasteiger partial charge in [-0.15, -0.1) is 0 Å². The van der Waals surface area contributed by atoms with Gasteiger partial charge < -0.3 is 4.74 Å². The van der Waals surface area contributed by atoms with E-state index in [4.69, 9.17) is 4.74 Å². The SMILES string of the molecule is CCOC1CC(C)c2ccccc21. The third-order valence-electron chi connectivity index (χ3n) is 2.81. The highest BCUT2D eigenvalue weighted by molar-refractivity contribution is 5.36. The Labute approximate surface area is 79.7 Å². The van der Waals surface area contributed by atoms with Crippen LogP contribution >= 0.6 is 0 Å². The van der Waals surface area contributed by atoms with Crippen LogP contribution in [0.25, 0.3) is 0 Å². The molecule has 1 aliphatic carbocycles. The summed E-state index contributed by atoms with van der Waals surface area (Å²) in [5, 5.41) is 0. The fourth-order valence-electron chi connectivity index (χ4n) is 2.19. The molecule has 0 aliphatic heterocycles. The van der Waals surface area contributed by atoms with Crippen molar-refractivity contribution in [1.29, 1.82) is 0 Å². The van der Waals surface area contributed by atoms with Crippen molar-refractivity contribution < 1.29 is 4.74 Å². The van der Waals surface area contributed by atoms with E-state index >= 15 is 0 Å². The molecule has 70 valence electrons. The van der Waals surface area contributed by atoms with Gasteiger partial charge in [0.1, 0.15) is 0 Å². The van der Waals surface area contributed by atoms with Gasteiger partial charge in [0.2, 0.25) is 0 Å². The normalized spacial score (nSPS) is 26.0. The lowest BCUT2D eigenvalue weighted by Gasteiger charge is -2.10. The van der Waals surface area contributed by atoms with Crippen LogP contribution in [0.2, 0.25) is 0 Å². The topological polar surface area (TPSA) is 9.23 Å². The summed E-state index contributed by atoms with van der Waals surface area (Å²) >= 11 is 0. The molecule has 0 amide bonds. The molecule has 1 nitrogen and oxygen atoms in total. The third-order valence-corrected chi connectivity index (χ3v) is 2.81. The van der Waals surface area contributed by atoms with Gasteiger partial charge >= 0.3 is 0 Å². The lowest BCUT2D eigenvalue weighted by atomic mass is 10.0. The maximum atomic E-state index is 5.70. The molecule has 1 aromatic carbocycles. The van der Waals surface area contributed by atoms with Crippen molar-refractivity contribution in [1.82, 2.24) is 0 Å². The van der Waals surface area contributed by atoms with E-state index in [1.54, 1.807) is 0 Å². The largest absolute Gasteiger partial charge is 0.374 e. The highest BCUT2D eigenvalue weighted by Gasteiger charge is 2.27. The van der Waals surface area contributed by atoms with Gasteiger partial charge in [0.25, 0.3) is 0 Å². The number of hydrogen-bond acceptors (Lipinski definition) is 1. The van der Waals surface area contributed by atoms with E-state index in [9.17, 15) is 0 Å². The standard InChI is InChI=1S/C12H16O/c1-3-13-12-8-9(2)10-6-4-5-7-11(10)12/h4-7,9,12H,3,8H2,1-2H3. The molecule has 0 heterocycles. The Kier molecular flexibility index (Phi) is 2.36. The second kappa shape index (κ2) is 3.51. The van der Waals surface area contributed by atoms with Crippen LogP contribution < -0.4 is 0 Å². The minimum atomic E-state index is 0.344. The predicted molar refractivity (Wildman–Crippen MR) is 53.8 cm³/mol. The summed E-state index contributed by atoms with van der Waals surface area (Å²) in [5.74, 6) is 0.660. The summed E-state index contributed by atoms with van der Waals surface area (Å²) in [6.07, 6.45) is 1.49. The second-order valence-corrected chi connectivity index (χ2v) is 3.71. The zero-order valence-corrected chi connectivity index (χ0v) is 8.29. The van der Waals surface area contributed by atoms with E-state index in [0.29, 0.717) is 12.0 Å². The second-order valence-electron chi connectivity index (χ2n) is 3.71. The lowest BCUT2D eigenvalue weighted by Crippen LogP contribution is -1.99. The smallest absolute Gasteiger partial charge is 0.0833 e. The van der Waals surface area contributed by atoms with E-state index in [0.717, 1.165) is 13.0 Å². The van der Waals surface area contributed by atoms with Gasteiger partial charge in [0.05, 0.1) is 6.10 Å². The highest BCUT2D eigenvalue weighted by Crippen LogP contribution is 2.41. The summed E-state index contributed by atoms with van der Waals surface area (Å²) in [7, 11) is 0. The summed E-state index contributed by atoms with van der Waals surface area (Å²) in [6.45, 7) is 5.15. The van der Waals surface area contributed by atoms with Gasteiger partial charge in [0.15, 0.2) is 0 Å². The van der Waals surface area contributed by atoms with Crippen LogP contribution in [0.3, 0.4) is 0 Å². The van der Waals surface area contributed by atoms with Crippen LogP contribution in [0, 0.1) is 0 Å². The molecule has 13 heavy (non-hydrogen) atoms. The molecule has 0 N–H and O–H groups in total. The summed E-state index contributed by atoms with van der Waals surface area (Å²) in [4.78, 5) is 0. The number of fused-ring (bicyclic) bond motifs is 1. The first-order valence-corrected chi connectivity index (χ1v) is 5.03. The van der Waals surface area contributed by atoms with Gasteiger partial charge in [-0.2, -0.15) is 0 Å². The van der Waals surface area contributed by atoms with Crippen molar-refractivity contribution in [3.05, 3.63) is 35.4 Å². The zero-order valence-electron chi connectivity index (χ0n) is 8.29. The van der Waals surface area contributed by atoms with Gasteiger partial charge in [-0.1, -0.05) is 31.2 Å². The molecule has 2 rings (SSSR count). The van der Waals surface area contributed by atoms with Gasteiger partial charge in [-0.25, -0.2) is 0 Å². The van der Waals surface area contributed by atoms with Crippen LogP contribution in [0.1, 0.15) is 43.4 Å². The molecule has 0 aromatic heterocycles. The number of rotatable bonds is 2. The zero-order chi connectivity index (χ0) is 9.26. The average molecular weight is 176 g/mol. The molecular weight excluding hydrogens is 160 g/mol. The monoisotopic (exact) mass is 176 g/mol. The maximum Gasteiger partial charge on any atom is 0.0833 e. The first-order valence-electron chi connectivity index (χ1n) is 5.03. The Bertz CT molecular complexity index is 293. The molecule has 0 fully saturated rings. The Morgan fingerprint density at radius 3 is 2.69 bits per heavy atom. The Hall–Kier alpha value is -0.820. The molecule has 0 saturated carbocycles. The Morgan fingerprint density at radius 1 is 1.31 bits per heavy atom. The molecule has 1 aromatic rings. The van der Waals surface area contributed by atoms with E-state index < -0.39 is 0 Å². The number of ether oxygens (including phenoxy) is 1. The number of benzene rings is 1. The first-order chi connectivity index (χ1) is 6.33. The molecule has 2 unspecified atom stereocenters. The summed E-state index contributed by atoms with van der Waals surface area (Å²) < 4.78 is 5.70. The molecule has 0 spiro atoms. The van der Waals surface area contributed by atoms with Crippen molar-refractivity contribution in [3.63, 3.8) is 0 Å². The van der Waals surface area contributed by atoms with Crippen LogP contribution in [-0.2, 0) is 4.74 Å². The molecule has 2 atom stereocenters. The Morgan fingerprint density at radius 2 is 2.00 bits per heavy atom. The van der Waals surface area contributed by atoms with Crippen molar-refractivity contribution >= 4 is 0 Å². The molecule has 1 aliphatic rings. The molecule has 0 radical (unpaired) electrons. The first kappa shape index (κ1) is 8.76. The highest BCUT2D eigenvalue weighted by atomic mass is 16.5. The van der Waals surface area contributed by atoms with E-state index in [1.165, 1.54) is 11.1 Å². The molecule has 0 bridgehead atoms. The van der Waals surface area contributed by atoms with Crippen molar-refractivity contribution in [3.8, 4) is 0 Å². The predicted octanol–water partition coefficient (Wildman–Crippen LogP) is 3.27. The fourth-order valence-corrected chi connectivity index (χ4v) is 2.19. The van der Waals surface area contributed by atoms with Gasteiger partial charge in [0, 0.05) is 6.61 Å². The molecule has 1 heteroatoms.